The van der Waals surface area contributed by atoms with Crippen LogP contribution in [0.25, 0.3) is 16.6 Å². The number of rotatable bonds is 7. The summed E-state index contributed by atoms with van der Waals surface area (Å²) < 4.78 is 15.6. The van der Waals surface area contributed by atoms with Crippen molar-refractivity contribution in [1.29, 1.82) is 0 Å². The van der Waals surface area contributed by atoms with Gasteiger partial charge in [0.2, 0.25) is 5.91 Å². The fourth-order valence-electron chi connectivity index (χ4n) is 3.26. The van der Waals surface area contributed by atoms with Gasteiger partial charge in [0.1, 0.15) is 11.4 Å². The number of benzene rings is 2. The second-order valence-corrected chi connectivity index (χ2v) is 8.20. The van der Waals surface area contributed by atoms with Crippen LogP contribution >= 0.6 is 11.8 Å². The maximum atomic E-state index is 14.2. The van der Waals surface area contributed by atoms with E-state index in [1.165, 1.54) is 10.6 Å². The quantitative estimate of drug-likeness (QED) is 0.341. The van der Waals surface area contributed by atoms with E-state index in [2.05, 4.69) is 16.2 Å². The van der Waals surface area contributed by atoms with Crippen LogP contribution in [0.5, 0.6) is 0 Å². The van der Waals surface area contributed by atoms with Gasteiger partial charge in [0.25, 0.3) is 5.56 Å². The lowest BCUT2D eigenvalue weighted by molar-refractivity contribution is -0.119. The minimum absolute atomic E-state index is 0.0164. The Morgan fingerprint density at radius 2 is 1.97 bits per heavy atom. The van der Waals surface area contributed by atoms with Gasteiger partial charge in [-0.3, -0.25) is 14.2 Å². The van der Waals surface area contributed by atoms with E-state index >= 15 is 0 Å². The summed E-state index contributed by atoms with van der Waals surface area (Å²) in [6.07, 6.45) is 6.85. The molecule has 0 aliphatic rings. The summed E-state index contributed by atoms with van der Waals surface area (Å²) >= 11 is 1.11. The number of hydrogen-bond acceptors (Lipinski definition) is 4. The van der Waals surface area contributed by atoms with E-state index < -0.39 is 11.4 Å². The number of terminal acetylenes is 1. The Morgan fingerprint density at radius 1 is 1.26 bits per heavy atom. The molecule has 0 aliphatic carbocycles. The fraction of sp³-hybridized carbons (Fsp3) is 0.292. The van der Waals surface area contributed by atoms with Crippen LogP contribution < -0.4 is 10.9 Å². The normalized spacial score (nSPS) is 11.3. The number of nitrogens with one attached hydrogen (secondary N) is 1. The van der Waals surface area contributed by atoms with Crippen molar-refractivity contribution in [3.05, 3.63) is 64.2 Å². The summed E-state index contributed by atoms with van der Waals surface area (Å²) in [5, 5.41) is 3.63. The zero-order chi connectivity index (χ0) is 22.6. The van der Waals surface area contributed by atoms with Crippen LogP contribution in [0.1, 0.15) is 32.3 Å². The van der Waals surface area contributed by atoms with E-state index in [9.17, 15) is 14.0 Å². The van der Waals surface area contributed by atoms with Crippen molar-refractivity contribution >= 4 is 28.6 Å². The van der Waals surface area contributed by atoms with Gasteiger partial charge in [-0.05, 0) is 49.6 Å². The molecule has 1 amide bonds. The Labute approximate surface area is 185 Å². The molecule has 3 rings (SSSR count). The van der Waals surface area contributed by atoms with E-state index in [1.54, 1.807) is 43.3 Å². The first-order valence-corrected chi connectivity index (χ1v) is 11.0. The van der Waals surface area contributed by atoms with Gasteiger partial charge >= 0.3 is 0 Å². The van der Waals surface area contributed by atoms with Crippen LogP contribution in [0.3, 0.4) is 0 Å². The Kier molecular flexibility index (Phi) is 6.81. The molecule has 0 saturated heterocycles. The standard InChI is InChI=1S/C24H24FN3O2S/c1-5-24(6-2,7-3)27-21(29)15-31-23-26-20-11-9-8-10-18(20)22(30)28(23)17-13-12-16(4)19(25)14-17/h1,8-14H,6-7,15H2,2-4H3,(H,27,29). The lowest BCUT2D eigenvalue weighted by Gasteiger charge is -2.27. The number of thioether (sulfide) groups is 1. The van der Waals surface area contributed by atoms with Crippen LogP contribution in [-0.2, 0) is 4.79 Å². The van der Waals surface area contributed by atoms with E-state index in [1.807, 2.05) is 13.8 Å². The summed E-state index contributed by atoms with van der Waals surface area (Å²) in [5.41, 5.74) is 0.322. The van der Waals surface area contributed by atoms with Crippen molar-refractivity contribution < 1.29 is 9.18 Å². The monoisotopic (exact) mass is 437 g/mol. The van der Waals surface area contributed by atoms with Gasteiger partial charge in [-0.15, -0.1) is 6.42 Å². The molecule has 31 heavy (non-hydrogen) atoms. The molecule has 0 aliphatic heterocycles. The highest BCUT2D eigenvalue weighted by atomic mass is 32.2. The number of nitrogens with zero attached hydrogens (tertiary/aromatic N) is 2. The van der Waals surface area contributed by atoms with Gasteiger partial charge in [0.05, 0.1) is 22.3 Å². The lowest BCUT2D eigenvalue weighted by atomic mass is 9.94. The van der Waals surface area contributed by atoms with Crippen LogP contribution in [0, 0.1) is 25.1 Å². The molecule has 0 unspecified atom stereocenters. The highest BCUT2D eigenvalue weighted by Gasteiger charge is 2.25. The zero-order valence-corrected chi connectivity index (χ0v) is 18.6. The molecule has 0 fully saturated rings. The van der Waals surface area contributed by atoms with Crippen molar-refractivity contribution in [3.63, 3.8) is 0 Å². The molecule has 1 aromatic heterocycles. The average Bonchev–Trinajstić information content (AvgIpc) is 2.78. The first-order chi connectivity index (χ1) is 14.8. The summed E-state index contributed by atoms with van der Waals surface area (Å²) in [6, 6.07) is 11.5. The number of fused-ring (bicyclic) bond motifs is 1. The third-order valence-corrected chi connectivity index (χ3v) is 6.29. The number of aryl methyl sites for hydroxylation is 1. The molecule has 0 saturated carbocycles. The zero-order valence-electron chi connectivity index (χ0n) is 17.7. The first kappa shape index (κ1) is 22.6. The molecule has 0 radical (unpaired) electrons. The third-order valence-electron chi connectivity index (χ3n) is 5.35. The van der Waals surface area contributed by atoms with Crippen LogP contribution in [0.4, 0.5) is 4.39 Å². The molecule has 0 bridgehead atoms. The van der Waals surface area contributed by atoms with Crippen LogP contribution in [0.2, 0.25) is 0 Å². The number of carbonyl (C=O) groups is 1. The highest BCUT2D eigenvalue weighted by Crippen LogP contribution is 2.23. The number of halogens is 1. The summed E-state index contributed by atoms with van der Waals surface area (Å²) in [4.78, 5) is 30.4. The second kappa shape index (κ2) is 9.36. The molecular weight excluding hydrogens is 413 g/mol. The molecular formula is C24H24FN3O2S. The van der Waals surface area contributed by atoms with Crippen molar-refractivity contribution in [3.8, 4) is 18.0 Å². The Balaban J connectivity index is 2.01. The van der Waals surface area contributed by atoms with Crippen molar-refractivity contribution in [2.24, 2.45) is 0 Å². The molecule has 160 valence electrons. The lowest BCUT2D eigenvalue weighted by Crippen LogP contribution is -2.47. The first-order valence-electron chi connectivity index (χ1n) is 10.0. The van der Waals surface area contributed by atoms with Crippen LogP contribution in [0.15, 0.2) is 52.4 Å². The Morgan fingerprint density at radius 3 is 2.61 bits per heavy atom. The highest BCUT2D eigenvalue weighted by molar-refractivity contribution is 7.99. The van der Waals surface area contributed by atoms with Gasteiger partial charge in [-0.2, -0.15) is 0 Å². The summed E-state index contributed by atoms with van der Waals surface area (Å²) in [5.74, 6) is 2.01. The van der Waals surface area contributed by atoms with E-state index in [-0.39, 0.29) is 17.2 Å². The smallest absolute Gasteiger partial charge is 0.266 e. The molecule has 7 heteroatoms. The Bertz CT molecular complexity index is 1230. The van der Waals surface area contributed by atoms with Gasteiger partial charge < -0.3 is 5.32 Å². The number of para-hydroxylation sites is 1. The Hall–Kier alpha value is -3.11. The molecule has 1 N–H and O–H groups in total. The van der Waals surface area contributed by atoms with E-state index in [0.29, 0.717) is 40.2 Å². The molecule has 5 nitrogen and oxygen atoms in total. The number of aromatic nitrogens is 2. The molecule has 2 aromatic carbocycles. The van der Waals surface area contributed by atoms with Gasteiger partial charge in [-0.25, -0.2) is 9.37 Å². The molecule has 0 spiro atoms. The SMILES string of the molecule is C#CC(CC)(CC)NC(=O)CSc1nc2ccccc2c(=O)n1-c1ccc(C)c(F)c1. The number of amides is 1. The van der Waals surface area contributed by atoms with E-state index in [0.717, 1.165) is 11.8 Å². The van der Waals surface area contributed by atoms with Crippen molar-refractivity contribution in [2.45, 2.75) is 44.3 Å². The maximum absolute atomic E-state index is 14.2. The minimum atomic E-state index is -0.700. The topological polar surface area (TPSA) is 64.0 Å². The van der Waals surface area contributed by atoms with Gasteiger partial charge in [0, 0.05) is 0 Å². The number of hydrogen-bond donors (Lipinski definition) is 1. The van der Waals surface area contributed by atoms with Crippen LogP contribution in [-0.4, -0.2) is 26.8 Å². The average molecular weight is 438 g/mol. The van der Waals surface area contributed by atoms with Crippen molar-refractivity contribution in [1.82, 2.24) is 14.9 Å². The van der Waals surface area contributed by atoms with Gasteiger partial charge in [0.15, 0.2) is 5.16 Å². The fourth-order valence-corrected chi connectivity index (χ4v) is 4.07. The second-order valence-electron chi connectivity index (χ2n) is 7.26. The summed E-state index contributed by atoms with van der Waals surface area (Å²) in [6.45, 7) is 5.50. The molecule has 3 aromatic rings. The third kappa shape index (κ3) is 4.64. The predicted molar refractivity (Wildman–Crippen MR) is 123 cm³/mol. The largest absolute Gasteiger partial charge is 0.339 e. The summed E-state index contributed by atoms with van der Waals surface area (Å²) in [7, 11) is 0. The molecule has 1 heterocycles. The number of carbonyl (C=O) groups excluding carboxylic acids is 1. The predicted octanol–water partition coefficient (Wildman–Crippen LogP) is 4.23. The molecule has 0 atom stereocenters. The minimum Gasteiger partial charge on any atom is -0.339 e. The maximum Gasteiger partial charge on any atom is 0.266 e. The van der Waals surface area contributed by atoms with E-state index in [4.69, 9.17) is 6.42 Å². The van der Waals surface area contributed by atoms with Crippen molar-refractivity contribution in [2.75, 3.05) is 5.75 Å². The van der Waals surface area contributed by atoms with Gasteiger partial charge in [-0.1, -0.05) is 49.7 Å².